The lowest BCUT2D eigenvalue weighted by Gasteiger charge is -2.08. The summed E-state index contributed by atoms with van der Waals surface area (Å²) < 4.78 is 10.1. The number of carbonyl (C=O) groups is 2. The predicted octanol–water partition coefficient (Wildman–Crippen LogP) is 3.43. The predicted molar refractivity (Wildman–Crippen MR) is 101 cm³/mol. The molecule has 5 nitrogen and oxygen atoms in total. The molecule has 2 rings (SSSR count). The first-order chi connectivity index (χ1) is 12.6. The van der Waals surface area contributed by atoms with Crippen molar-refractivity contribution < 1.29 is 19.1 Å². The minimum atomic E-state index is -0.593. The summed E-state index contributed by atoms with van der Waals surface area (Å²) >= 11 is 0. The van der Waals surface area contributed by atoms with E-state index < -0.39 is 11.9 Å². The number of hydrogen-bond donors (Lipinski definition) is 1. The fourth-order valence-corrected chi connectivity index (χ4v) is 2.13. The summed E-state index contributed by atoms with van der Waals surface area (Å²) in [6, 6.07) is 16.5. The molecule has 0 aromatic heterocycles. The quantitative estimate of drug-likeness (QED) is 0.613. The Morgan fingerprint density at radius 3 is 2.31 bits per heavy atom. The van der Waals surface area contributed by atoms with Gasteiger partial charge in [-0.1, -0.05) is 42.5 Å². The summed E-state index contributed by atoms with van der Waals surface area (Å²) in [7, 11) is 1.58. The van der Waals surface area contributed by atoms with Crippen LogP contribution >= 0.6 is 0 Å². The number of nitrogens with one attached hydrogen (secondary N) is 1. The Hall–Kier alpha value is -3.34. The highest BCUT2D eigenvalue weighted by molar-refractivity contribution is 6.02. The topological polar surface area (TPSA) is 64.6 Å². The first-order valence-electron chi connectivity index (χ1n) is 8.19. The van der Waals surface area contributed by atoms with Gasteiger partial charge in [0.1, 0.15) is 11.4 Å². The normalized spacial score (nSPS) is 11.2. The van der Waals surface area contributed by atoms with E-state index >= 15 is 0 Å². The molecule has 0 radical (unpaired) electrons. The SMILES string of the molecule is CCOC(=O)/C(=C/c1ccc(OC)cc1)NC(=O)/C=C/c1ccccc1. The number of hydrogen-bond acceptors (Lipinski definition) is 4. The van der Waals surface area contributed by atoms with E-state index in [1.54, 1.807) is 50.5 Å². The van der Waals surface area contributed by atoms with Crippen LogP contribution < -0.4 is 10.1 Å². The zero-order chi connectivity index (χ0) is 18.8. The Kier molecular flexibility index (Phi) is 7.18. The molecule has 0 heterocycles. The van der Waals surface area contributed by atoms with Gasteiger partial charge in [-0.3, -0.25) is 4.79 Å². The third-order valence-electron chi connectivity index (χ3n) is 3.41. The maximum atomic E-state index is 12.2. The van der Waals surface area contributed by atoms with Crippen molar-refractivity contribution in [2.45, 2.75) is 6.92 Å². The number of amides is 1. The number of carbonyl (C=O) groups excluding carboxylic acids is 2. The third kappa shape index (κ3) is 5.94. The van der Waals surface area contributed by atoms with Gasteiger partial charge in [-0.15, -0.1) is 0 Å². The van der Waals surface area contributed by atoms with Gasteiger partial charge in [-0.25, -0.2) is 4.79 Å². The average Bonchev–Trinajstić information content (AvgIpc) is 2.67. The molecule has 0 aliphatic carbocycles. The monoisotopic (exact) mass is 351 g/mol. The number of ether oxygens (including phenoxy) is 2. The molecule has 0 fully saturated rings. The minimum absolute atomic E-state index is 0.0692. The van der Waals surface area contributed by atoms with Crippen molar-refractivity contribution in [3.05, 3.63) is 77.5 Å². The summed E-state index contributed by atoms with van der Waals surface area (Å²) in [6.45, 7) is 1.93. The largest absolute Gasteiger partial charge is 0.497 e. The van der Waals surface area contributed by atoms with Crippen LogP contribution in [0.4, 0.5) is 0 Å². The molecular formula is C21H21NO4. The molecule has 1 N–H and O–H groups in total. The molecular weight excluding hydrogens is 330 g/mol. The van der Waals surface area contributed by atoms with Crippen LogP contribution in [-0.2, 0) is 14.3 Å². The van der Waals surface area contributed by atoms with Gasteiger partial charge in [0.2, 0.25) is 5.91 Å². The summed E-state index contributed by atoms with van der Waals surface area (Å²) in [4.78, 5) is 24.3. The van der Waals surface area contributed by atoms with Crippen LogP contribution in [0.15, 0.2) is 66.4 Å². The molecule has 0 aliphatic rings. The molecule has 2 aromatic rings. The summed E-state index contributed by atoms with van der Waals surface area (Å²) in [5.74, 6) is -0.305. The highest BCUT2D eigenvalue weighted by atomic mass is 16.5. The Morgan fingerprint density at radius 1 is 1.00 bits per heavy atom. The van der Waals surface area contributed by atoms with Crippen molar-refractivity contribution in [2.24, 2.45) is 0 Å². The standard InChI is InChI=1S/C21H21NO4/c1-3-26-21(24)19(15-17-9-12-18(25-2)13-10-17)22-20(23)14-11-16-7-5-4-6-8-16/h4-15H,3H2,1-2H3,(H,22,23)/b14-11+,19-15-. The molecule has 0 spiro atoms. The van der Waals surface area contributed by atoms with Gasteiger partial charge in [0.15, 0.2) is 0 Å². The minimum Gasteiger partial charge on any atom is -0.497 e. The van der Waals surface area contributed by atoms with Crippen LogP contribution in [0.3, 0.4) is 0 Å². The maximum Gasteiger partial charge on any atom is 0.354 e. The lowest BCUT2D eigenvalue weighted by atomic mass is 10.2. The van der Waals surface area contributed by atoms with Crippen molar-refractivity contribution in [1.29, 1.82) is 0 Å². The van der Waals surface area contributed by atoms with Gasteiger partial charge in [-0.05, 0) is 42.3 Å². The Labute approximate surface area is 152 Å². The van der Waals surface area contributed by atoms with Crippen LogP contribution in [0.25, 0.3) is 12.2 Å². The van der Waals surface area contributed by atoms with Crippen LogP contribution in [0.1, 0.15) is 18.1 Å². The van der Waals surface area contributed by atoms with Crippen molar-refractivity contribution in [3.63, 3.8) is 0 Å². The van der Waals surface area contributed by atoms with Crippen molar-refractivity contribution in [2.75, 3.05) is 13.7 Å². The van der Waals surface area contributed by atoms with Crippen molar-refractivity contribution in [3.8, 4) is 5.75 Å². The Bertz CT molecular complexity index is 793. The molecule has 0 bridgehead atoms. The van der Waals surface area contributed by atoms with Gasteiger partial charge >= 0.3 is 5.97 Å². The van der Waals surface area contributed by atoms with Crippen molar-refractivity contribution >= 4 is 24.0 Å². The zero-order valence-corrected chi connectivity index (χ0v) is 14.8. The second kappa shape index (κ2) is 9.84. The summed E-state index contributed by atoms with van der Waals surface area (Å²) in [5.41, 5.74) is 1.69. The first-order valence-corrected chi connectivity index (χ1v) is 8.19. The third-order valence-corrected chi connectivity index (χ3v) is 3.41. The van der Waals surface area contributed by atoms with E-state index in [1.807, 2.05) is 30.3 Å². The van der Waals surface area contributed by atoms with E-state index in [1.165, 1.54) is 6.08 Å². The highest BCUT2D eigenvalue weighted by Crippen LogP contribution is 2.14. The molecule has 0 aliphatic heterocycles. The maximum absolute atomic E-state index is 12.2. The molecule has 0 atom stereocenters. The highest BCUT2D eigenvalue weighted by Gasteiger charge is 2.13. The van der Waals surface area contributed by atoms with Crippen molar-refractivity contribution in [1.82, 2.24) is 5.32 Å². The van der Waals surface area contributed by atoms with E-state index in [0.717, 1.165) is 11.1 Å². The van der Waals surface area contributed by atoms with E-state index in [0.29, 0.717) is 5.75 Å². The lowest BCUT2D eigenvalue weighted by molar-refractivity contribution is -0.139. The fourth-order valence-electron chi connectivity index (χ4n) is 2.13. The van der Waals surface area contributed by atoms with Gasteiger partial charge < -0.3 is 14.8 Å². The van der Waals surface area contributed by atoms with Crippen LogP contribution in [0.2, 0.25) is 0 Å². The molecule has 26 heavy (non-hydrogen) atoms. The average molecular weight is 351 g/mol. The molecule has 5 heteroatoms. The molecule has 2 aromatic carbocycles. The number of rotatable bonds is 7. The Balaban J connectivity index is 2.15. The van der Waals surface area contributed by atoms with Crippen LogP contribution in [0.5, 0.6) is 5.75 Å². The lowest BCUT2D eigenvalue weighted by Crippen LogP contribution is -2.27. The molecule has 134 valence electrons. The smallest absolute Gasteiger partial charge is 0.354 e. The first kappa shape index (κ1) is 19.0. The molecule has 0 saturated heterocycles. The molecule has 0 saturated carbocycles. The number of esters is 1. The summed E-state index contributed by atoms with van der Waals surface area (Å²) in [6.07, 6.45) is 4.60. The molecule has 0 unspecified atom stereocenters. The second-order valence-electron chi connectivity index (χ2n) is 5.28. The van der Waals surface area contributed by atoms with Gasteiger partial charge in [-0.2, -0.15) is 0 Å². The second-order valence-corrected chi connectivity index (χ2v) is 5.28. The van der Waals surface area contributed by atoms with Gasteiger partial charge in [0.25, 0.3) is 0 Å². The molecule has 1 amide bonds. The van der Waals surface area contributed by atoms with Gasteiger partial charge in [0, 0.05) is 6.08 Å². The fraction of sp³-hybridized carbons (Fsp3) is 0.143. The van der Waals surface area contributed by atoms with Gasteiger partial charge in [0.05, 0.1) is 13.7 Å². The van der Waals surface area contributed by atoms with E-state index in [2.05, 4.69) is 5.32 Å². The Morgan fingerprint density at radius 2 is 1.69 bits per heavy atom. The number of methoxy groups -OCH3 is 1. The number of benzene rings is 2. The van der Waals surface area contributed by atoms with E-state index in [9.17, 15) is 9.59 Å². The summed E-state index contributed by atoms with van der Waals surface area (Å²) in [5, 5.41) is 2.58. The zero-order valence-electron chi connectivity index (χ0n) is 14.8. The van der Waals surface area contributed by atoms with Crippen LogP contribution in [0, 0.1) is 0 Å². The van der Waals surface area contributed by atoms with E-state index in [4.69, 9.17) is 9.47 Å². The van der Waals surface area contributed by atoms with Crippen LogP contribution in [-0.4, -0.2) is 25.6 Å². The van der Waals surface area contributed by atoms with E-state index in [-0.39, 0.29) is 12.3 Å².